The summed E-state index contributed by atoms with van der Waals surface area (Å²) in [7, 11) is 0. The van der Waals surface area contributed by atoms with Crippen molar-refractivity contribution in [2.24, 2.45) is 0 Å². The highest BCUT2D eigenvalue weighted by molar-refractivity contribution is 5.15. The predicted octanol–water partition coefficient (Wildman–Crippen LogP) is 5.01. The van der Waals surface area contributed by atoms with Crippen LogP contribution in [0.5, 0.6) is 0 Å². The van der Waals surface area contributed by atoms with Gasteiger partial charge in [-0.25, -0.2) is 4.39 Å². The van der Waals surface area contributed by atoms with Crippen molar-refractivity contribution in [3.63, 3.8) is 0 Å². The highest BCUT2D eigenvalue weighted by atomic mass is 19.1. The molecule has 1 unspecified atom stereocenters. The maximum Gasteiger partial charge on any atom is 0.141 e. The van der Waals surface area contributed by atoms with Crippen LogP contribution in [0.25, 0.3) is 0 Å². The molecule has 2 nitrogen and oxygen atoms in total. The molecule has 0 saturated heterocycles. The number of hydrogen-bond donors (Lipinski definition) is 1. The number of halogens is 1. The molecule has 0 aliphatic rings. The van der Waals surface area contributed by atoms with Crippen molar-refractivity contribution in [3.8, 4) is 0 Å². The van der Waals surface area contributed by atoms with Crippen LogP contribution in [0.1, 0.15) is 76.8 Å². The minimum atomic E-state index is -0.242. The first kappa shape index (κ1) is 17.1. The van der Waals surface area contributed by atoms with Gasteiger partial charge in [-0.3, -0.25) is 4.98 Å². The Morgan fingerprint density at radius 3 is 2.50 bits per heavy atom. The van der Waals surface area contributed by atoms with Gasteiger partial charge < -0.3 is 5.32 Å². The van der Waals surface area contributed by atoms with E-state index < -0.39 is 0 Å². The molecular formula is C17H29FN2. The van der Waals surface area contributed by atoms with E-state index in [1.807, 2.05) is 0 Å². The lowest BCUT2D eigenvalue weighted by atomic mass is 10.0. The number of pyridine rings is 1. The van der Waals surface area contributed by atoms with Gasteiger partial charge >= 0.3 is 0 Å². The first-order valence-electron chi connectivity index (χ1n) is 8.11. The van der Waals surface area contributed by atoms with E-state index in [0.717, 1.165) is 24.9 Å². The molecule has 0 spiro atoms. The van der Waals surface area contributed by atoms with Crippen LogP contribution in [0.3, 0.4) is 0 Å². The minimum Gasteiger partial charge on any atom is -0.310 e. The molecule has 0 aliphatic heterocycles. The third kappa shape index (κ3) is 6.99. The van der Waals surface area contributed by atoms with Crippen LogP contribution in [0.2, 0.25) is 0 Å². The molecule has 114 valence electrons. The standard InChI is InChI=1S/C17H29FN2/c1-3-5-6-7-8-9-10-17(20-11-4-2)15-12-16(18)14-19-13-15/h12-14,17,20H,3-11H2,1-2H3. The lowest BCUT2D eigenvalue weighted by Gasteiger charge is -2.18. The Morgan fingerprint density at radius 1 is 1.05 bits per heavy atom. The van der Waals surface area contributed by atoms with Gasteiger partial charge in [0.25, 0.3) is 0 Å². The molecule has 0 bridgehead atoms. The molecule has 0 radical (unpaired) electrons. The molecular weight excluding hydrogens is 251 g/mol. The van der Waals surface area contributed by atoms with Crippen LogP contribution in [0, 0.1) is 5.82 Å². The van der Waals surface area contributed by atoms with Crippen molar-refractivity contribution < 1.29 is 4.39 Å². The van der Waals surface area contributed by atoms with Crippen LogP contribution in [0.15, 0.2) is 18.5 Å². The second-order valence-corrected chi connectivity index (χ2v) is 5.50. The van der Waals surface area contributed by atoms with E-state index in [0.29, 0.717) is 0 Å². The van der Waals surface area contributed by atoms with Crippen molar-refractivity contribution in [2.45, 2.75) is 71.3 Å². The highest BCUT2D eigenvalue weighted by Crippen LogP contribution is 2.20. The van der Waals surface area contributed by atoms with Crippen molar-refractivity contribution in [2.75, 3.05) is 6.54 Å². The van der Waals surface area contributed by atoms with Gasteiger partial charge in [0.2, 0.25) is 0 Å². The summed E-state index contributed by atoms with van der Waals surface area (Å²) in [5.41, 5.74) is 0.979. The Kier molecular flexibility index (Phi) is 9.22. The average molecular weight is 280 g/mol. The van der Waals surface area contributed by atoms with E-state index in [9.17, 15) is 4.39 Å². The first-order valence-corrected chi connectivity index (χ1v) is 8.11. The Morgan fingerprint density at radius 2 is 1.80 bits per heavy atom. The topological polar surface area (TPSA) is 24.9 Å². The average Bonchev–Trinajstić information content (AvgIpc) is 2.45. The normalized spacial score (nSPS) is 12.6. The maximum atomic E-state index is 13.3. The fourth-order valence-corrected chi connectivity index (χ4v) is 2.45. The summed E-state index contributed by atoms with van der Waals surface area (Å²) in [5, 5.41) is 3.51. The maximum absolute atomic E-state index is 13.3. The van der Waals surface area contributed by atoms with Crippen molar-refractivity contribution in [1.82, 2.24) is 10.3 Å². The summed E-state index contributed by atoms with van der Waals surface area (Å²) >= 11 is 0. The summed E-state index contributed by atoms with van der Waals surface area (Å²) in [4.78, 5) is 3.97. The zero-order valence-electron chi connectivity index (χ0n) is 13.0. The van der Waals surface area contributed by atoms with Crippen LogP contribution in [0.4, 0.5) is 4.39 Å². The zero-order valence-corrected chi connectivity index (χ0v) is 13.0. The van der Waals surface area contributed by atoms with E-state index in [-0.39, 0.29) is 11.9 Å². The number of unbranched alkanes of at least 4 members (excludes halogenated alkanes) is 5. The molecule has 0 fully saturated rings. The van der Waals surface area contributed by atoms with Gasteiger partial charge in [0, 0.05) is 12.2 Å². The molecule has 0 amide bonds. The number of rotatable bonds is 11. The Labute approximate surface area is 123 Å². The quantitative estimate of drug-likeness (QED) is 0.576. The predicted molar refractivity (Wildman–Crippen MR) is 83.2 cm³/mol. The molecule has 0 saturated carbocycles. The van der Waals surface area contributed by atoms with Crippen molar-refractivity contribution >= 4 is 0 Å². The largest absolute Gasteiger partial charge is 0.310 e. The van der Waals surface area contributed by atoms with E-state index in [2.05, 4.69) is 24.1 Å². The third-order valence-electron chi connectivity index (χ3n) is 3.62. The summed E-state index contributed by atoms with van der Waals surface area (Å²) in [6, 6.07) is 1.85. The van der Waals surface area contributed by atoms with Crippen LogP contribution in [-0.4, -0.2) is 11.5 Å². The molecule has 0 aliphatic carbocycles. The first-order chi connectivity index (χ1) is 9.77. The van der Waals surface area contributed by atoms with Crippen LogP contribution >= 0.6 is 0 Å². The third-order valence-corrected chi connectivity index (χ3v) is 3.62. The smallest absolute Gasteiger partial charge is 0.141 e. The lowest BCUT2D eigenvalue weighted by molar-refractivity contribution is 0.463. The van der Waals surface area contributed by atoms with Gasteiger partial charge in [-0.05, 0) is 31.0 Å². The van der Waals surface area contributed by atoms with E-state index in [4.69, 9.17) is 0 Å². The molecule has 0 aromatic carbocycles. The van der Waals surface area contributed by atoms with Gasteiger partial charge in [0.1, 0.15) is 5.82 Å². The summed E-state index contributed by atoms with van der Waals surface area (Å²) in [6.45, 7) is 5.36. The number of nitrogens with one attached hydrogen (secondary N) is 1. The van der Waals surface area contributed by atoms with Gasteiger partial charge in [0.15, 0.2) is 0 Å². The summed E-state index contributed by atoms with van der Waals surface area (Å²) in [5.74, 6) is -0.242. The van der Waals surface area contributed by atoms with Gasteiger partial charge in [0.05, 0.1) is 6.20 Å². The molecule has 1 N–H and O–H groups in total. The summed E-state index contributed by atoms with van der Waals surface area (Å²) in [6.07, 6.45) is 13.0. The zero-order chi connectivity index (χ0) is 14.6. The van der Waals surface area contributed by atoms with Crippen molar-refractivity contribution in [3.05, 3.63) is 29.8 Å². The van der Waals surface area contributed by atoms with Gasteiger partial charge in [-0.2, -0.15) is 0 Å². The Bertz CT molecular complexity index is 355. The Hall–Kier alpha value is -0.960. The fourth-order valence-electron chi connectivity index (χ4n) is 2.45. The molecule has 3 heteroatoms. The van der Waals surface area contributed by atoms with E-state index in [1.165, 1.54) is 44.7 Å². The molecule has 1 rings (SSSR count). The number of hydrogen-bond acceptors (Lipinski definition) is 2. The van der Waals surface area contributed by atoms with E-state index in [1.54, 1.807) is 12.3 Å². The van der Waals surface area contributed by atoms with Crippen LogP contribution in [-0.2, 0) is 0 Å². The number of aromatic nitrogens is 1. The molecule has 20 heavy (non-hydrogen) atoms. The Balaban J connectivity index is 2.40. The van der Waals surface area contributed by atoms with E-state index >= 15 is 0 Å². The van der Waals surface area contributed by atoms with Crippen molar-refractivity contribution in [1.29, 1.82) is 0 Å². The molecule has 1 aromatic rings. The van der Waals surface area contributed by atoms with Crippen LogP contribution < -0.4 is 5.32 Å². The van der Waals surface area contributed by atoms with Gasteiger partial charge in [-0.15, -0.1) is 0 Å². The number of nitrogens with zero attached hydrogens (tertiary/aromatic N) is 1. The molecule has 1 heterocycles. The second kappa shape index (κ2) is 10.8. The monoisotopic (exact) mass is 280 g/mol. The second-order valence-electron chi connectivity index (χ2n) is 5.50. The highest BCUT2D eigenvalue weighted by Gasteiger charge is 2.11. The minimum absolute atomic E-state index is 0.240. The molecule has 1 aromatic heterocycles. The fraction of sp³-hybridized carbons (Fsp3) is 0.706. The summed E-state index contributed by atoms with van der Waals surface area (Å²) < 4.78 is 13.3. The SMILES string of the molecule is CCCCCCCCC(NCCC)c1cncc(F)c1. The van der Waals surface area contributed by atoms with Gasteiger partial charge in [-0.1, -0.05) is 52.4 Å². The lowest BCUT2D eigenvalue weighted by Crippen LogP contribution is -2.22. The molecule has 1 atom stereocenters.